The lowest BCUT2D eigenvalue weighted by atomic mass is 9.78. The van der Waals surface area contributed by atoms with E-state index in [-0.39, 0.29) is 44.5 Å². The molecule has 3 rings (SSSR count). The molecule has 5 heteroatoms. The van der Waals surface area contributed by atoms with Crippen LogP contribution in [0.5, 0.6) is 17.2 Å². The lowest BCUT2D eigenvalue weighted by Crippen LogP contribution is -2.18. The highest BCUT2D eigenvalue weighted by molar-refractivity contribution is 5.72. The average Bonchev–Trinajstić information content (AvgIpc) is 2.63. The minimum atomic E-state index is -0.151. The molecule has 172 valence electrons. The van der Waals surface area contributed by atoms with E-state index in [9.17, 15) is 15.0 Å². The Morgan fingerprint density at radius 1 is 0.645 bits per heavy atom. The van der Waals surface area contributed by atoms with Crippen LogP contribution in [0, 0.1) is 0 Å². The third kappa shape index (κ3) is 12.1. The van der Waals surface area contributed by atoms with E-state index in [4.69, 9.17) is 5.11 Å². The molecule has 0 saturated carbocycles. The monoisotopic (exact) mass is 431 g/mol. The first-order chi connectivity index (χ1) is 13.1. The maximum Gasteiger partial charge on any atom is 1.00 e. The van der Waals surface area contributed by atoms with Crippen LogP contribution in [-0.2, 0) is 10.2 Å². The molecule has 0 radical (unpaired) electrons. The van der Waals surface area contributed by atoms with E-state index in [0.29, 0.717) is 5.75 Å². The Morgan fingerprint density at radius 3 is 1.13 bits per heavy atom. The van der Waals surface area contributed by atoms with Gasteiger partial charge in [-0.05, 0) is 61.4 Å². The van der Waals surface area contributed by atoms with Gasteiger partial charge in [-0.25, -0.2) is 0 Å². The molecule has 0 atom stereocenters. The normalized spacial score (nSPS) is 9.03. The van der Waals surface area contributed by atoms with Crippen LogP contribution in [0.1, 0.15) is 55.1 Å². The zero-order chi connectivity index (χ0) is 21.2. The quantitative estimate of drug-likeness (QED) is 0.464. The maximum atomic E-state index is 9.44. The molecular formula is C26H39O5+. The first-order valence-corrected chi connectivity index (χ1v) is 8.93. The third-order valence-corrected chi connectivity index (χ3v) is 3.93. The highest BCUT2D eigenvalue weighted by atomic mass is 16.3. The second kappa shape index (κ2) is 15.5. The fourth-order valence-corrected chi connectivity index (χ4v) is 2.35. The van der Waals surface area contributed by atoms with E-state index >= 15 is 0 Å². The summed E-state index contributed by atoms with van der Waals surface area (Å²) in [4.78, 5) is 9.44. The molecule has 0 saturated heterocycles. The van der Waals surface area contributed by atoms with Crippen molar-refractivity contribution >= 4 is 5.78 Å². The van der Waals surface area contributed by atoms with Gasteiger partial charge in [0.05, 0.1) is 0 Å². The smallest absolute Gasteiger partial charge is 0.508 e. The van der Waals surface area contributed by atoms with Gasteiger partial charge in [0.2, 0.25) is 0 Å². The van der Waals surface area contributed by atoms with Crippen molar-refractivity contribution < 1.29 is 27.0 Å². The fraction of sp³-hybridized carbons (Fsp3) is 0.269. The van der Waals surface area contributed by atoms with Crippen LogP contribution in [0.15, 0.2) is 78.9 Å². The van der Waals surface area contributed by atoms with Crippen LogP contribution in [0.3, 0.4) is 0 Å². The first kappa shape index (κ1) is 32.4. The Morgan fingerprint density at radius 2 is 0.903 bits per heavy atom. The molecule has 5 nitrogen and oxygen atoms in total. The van der Waals surface area contributed by atoms with Gasteiger partial charge < -0.3 is 25.6 Å². The van der Waals surface area contributed by atoms with Crippen LogP contribution in [0.2, 0.25) is 0 Å². The number of aromatic hydroxyl groups is 3. The van der Waals surface area contributed by atoms with E-state index in [1.165, 1.54) is 13.8 Å². The number of para-hydroxylation sites is 1. The predicted octanol–water partition coefficient (Wildman–Crippen LogP) is 5.97. The number of hydrogen-bond acceptors (Lipinski definition) is 4. The lowest BCUT2D eigenvalue weighted by Gasteiger charge is -2.26. The Kier molecular flexibility index (Phi) is 16.2. The van der Waals surface area contributed by atoms with Crippen molar-refractivity contribution in [3.63, 3.8) is 0 Å². The number of carbonyl (C=O) groups excluding carboxylic acids is 1. The van der Waals surface area contributed by atoms with Gasteiger partial charge in [0.15, 0.2) is 0 Å². The van der Waals surface area contributed by atoms with E-state index in [2.05, 4.69) is 13.8 Å². The summed E-state index contributed by atoms with van der Waals surface area (Å²) in [5, 5.41) is 27.2. The molecule has 3 aromatic carbocycles. The SMILES string of the molecule is C.C.CC(C)(c1ccc(O)cc1)c1ccc(O)cc1.CC(C)=O.O.Oc1ccccc1.[H+]. The molecular weight excluding hydrogens is 392 g/mol. The van der Waals surface area contributed by atoms with Gasteiger partial charge in [0, 0.05) is 5.41 Å². The lowest BCUT2D eigenvalue weighted by molar-refractivity contribution is -0.115. The zero-order valence-corrected chi connectivity index (χ0v) is 17.3. The molecule has 0 aliphatic heterocycles. The summed E-state index contributed by atoms with van der Waals surface area (Å²) < 4.78 is 0. The van der Waals surface area contributed by atoms with Crippen molar-refractivity contribution in [2.45, 2.75) is 48.0 Å². The second-order valence-corrected chi connectivity index (χ2v) is 6.96. The van der Waals surface area contributed by atoms with Crippen molar-refractivity contribution in [2.24, 2.45) is 0 Å². The molecule has 0 spiro atoms. The van der Waals surface area contributed by atoms with Gasteiger partial charge in [-0.2, -0.15) is 0 Å². The van der Waals surface area contributed by atoms with Crippen LogP contribution < -0.4 is 0 Å². The molecule has 0 bridgehead atoms. The van der Waals surface area contributed by atoms with Crippen LogP contribution in [-0.4, -0.2) is 26.6 Å². The molecule has 0 aliphatic rings. The zero-order valence-electron chi connectivity index (χ0n) is 18.3. The summed E-state index contributed by atoms with van der Waals surface area (Å²) in [6, 6.07) is 23.2. The molecule has 0 heterocycles. The molecule has 5 N–H and O–H groups in total. The van der Waals surface area contributed by atoms with Gasteiger partial charge >= 0.3 is 1.43 Å². The maximum absolute atomic E-state index is 9.44. The topological polar surface area (TPSA) is 109 Å². The van der Waals surface area contributed by atoms with E-state index in [1.54, 1.807) is 48.5 Å². The summed E-state index contributed by atoms with van der Waals surface area (Å²) in [6.07, 6.45) is 0. The number of hydrogen-bond donors (Lipinski definition) is 3. The Labute approximate surface area is 188 Å². The van der Waals surface area contributed by atoms with Gasteiger partial charge in [-0.3, -0.25) is 0 Å². The van der Waals surface area contributed by atoms with Crippen molar-refractivity contribution in [1.29, 1.82) is 0 Å². The minimum Gasteiger partial charge on any atom is -0.508 e. The average molecular weight is 432 g/mol. The van der Waals surface area contributed by atoms with Gasteiger partial charge in [-0.15, -0.1) is 0 Å². The minimum absolute atomic E-state index is 0. The summed E-state index contributed by atoms with van der Waals surface area (Å²) in [5.41, 5.74) is 2.10. The largest absolute Gasteiger partial charge is 1.00 e. The van der Waals surface area contributed by atoms with Crippen molar-refractivity contribution in [1.82, 2.24) is 0 Å². The van der Waals surface area contributed by atoms with Gasteiger partial charge in [0.25, 0.3) is 0 Å². The molecule has 0 aliphatic carbocycles. The predicted molar refractivity (Wildman–Crippen MR) is 131 cm³/mol. The molecule has 31 heavy (non-hydrogen) atoms. The molecule has 0 amide bonds. The van der Waals surface area contributed by atoms with Crippen LogP contribution >= 0.6 is 0 Å². The number of phenols is 3. The van der Waals surface area contributed by atoms with Crippen molar-refractivity contribution in [3.05, 3.63) is 90.0 Å². The van der Waals surface area contributed by atoms with E-state index in [1.807, 2.05) is 30.3 Å². The Bertz CT molecular complexity index is 794. The number of ketones is 1. The number of phenolic OH excluding ortho intramolecular Hbond substituents is 3. The van der Waals surface area contributed by atoms with E-state index in [0.717, 1.165) is 11.1 Å². The highest BCUT2D eigenvalue weighted by Gasteiger charge is 2.22. The van der Waals surface area contributed by atoms with Crippen LogP contribution in [0.25, 0.3) is 0 Å². The second-order valence-electron chi connectivity index (χ2n) is 6.96. The standard InChI is InChI=1S/C15H16O2.C6H6O.C3H6O.2CH4.H2O/c1-15(2,11-3-7-13(16)8-4-11)12-5-9-14(17)10-6-12;7-6-4-2-1-3-5-6;1-3(2)4;;;/h3-10,16-17H,1-2H3;1-5,7H;1-2H3;2*1H4;1H2/p+1. The molecule has 0 fully saturated rings. The molecule has 0 aromatic heterocycles. The Hall–Kier alpha value is -3.31. The summed E-state index contributed by atoms with van der Waals surface area (Å²) >= 11 is 0. The summed E-state index contributed by atoms with van der Waals surface area (Å²) in [7, 11) is 0. The number of benzene rings is 3. The molecule has 0 unspecified atom stereocenters. The van der Waals surface area contributed by atoms with E-state index < -0.39 is 0 Å². The van der Waals surface area contributed by atoms with Gasteiger partial charge in [0.1, 0.15) is 23.0 Å². The molecule has 3 aromatic rings. The number of rotatable bonds is 2. The summed E-state index contributed by atoms with van der Waals surface area (Å²) in [6.45, 7) is 7.29. The van der Waals surface area contributed by atoms with Crippen molar-refractivity contribution in [2.75, 3.05) is 0 Å². The number of Topliss-reactive ketones (excluding diaryl/α,β-unsaturated/α-hetero) is 1. The van der Waals surface area contributed by atoms with Crippen molar-refractivity contribution in [3.8, 4) is 17.2 Å². The fourth-order valence-electron chi connectivity index (χ4n) is 2.35. The first-order valence-electron chi connectivity index (χ1n) is 8.93. The third-order valence-electron chi connectivity index (χ3n) is 3.93. The Balaban J connectivity index is -0.000000222. The number of carbonyl (C=O) groups is 1. The van der Waals surface area contributed by atoms with Gasteiger partial charge in [-0.1, -0.05) is 71.2 Å². The van der Waals surface area contributed by atoms with Crippen LogP contribution in [0.4, 0.5) is 0 Å². The highest BCUT2D eigenvalue weighted by Crippen LogP contribution is 2.32. The summed E-state index contributed by atoms with van der Waals surface area (Å²) in [5.74, 6) is 1.04.